The van der Waals surface area contributed by atoms with Crippen molar-refractivity contribution in [2.75, 3.05) is 18.8 Å². The van der Waals surface area contributed by atoms with Crippen molar-refractivity contribution in [3.8, 4) is 0 Å². The molecule has 0 aromatic rings. The van der Waals surface area contributed by atoms with Gasteiger partial charge < -0.3 is 5.32 Å². The molecule has 108 valence electrons. The fourth-order valence-electron chi connectivity index (χ4n) is 2.65. The monoisotopic (exact) mass is 283 g/mol. The fraction of sp³-hybridized carbons (Fsp3) is 1.00. The van der Waals surface area contributed by atoms with Crippen molar-refractivity contribution in [3.05, 3.63) is 0 Å². The molecule has 0 radical (unpaired) electrons. The second kappa shape index (κ2) is 7.63. The molecular weight excluding hydrogens is 259 g/mol. The molecule has 0 aromatic carbocycles. The Morgan fingerprint density at radius 1 is 1.22 bits per heavy atom. The second-order valence-electron chi connectivity index (χ2n) is 5.59. The van der Waals surface area contributed by atoms with Gasteiger partial charge in [0.1, 0.15) is 0 Å². The van der Waals surface area contributed by atoms with Crippen molar-refractivity contribution in [1.29, 1.82) is 0 Å². The van der Waals surface area contributed by atoms with E-state index in [4.69, 9.17) is 0 Å². The number of hydrogen-bond acceptors (Lipinski definition) is 2. The highest BCUT2D eigenvalue weighted by atomic mass is 32.2. The molecule has 2 atom stereocenters. The fourth-order valence-corrected chi connectivity index (χ4v) is 3.30. The zero-order valence-electron chi connectivity index (χ0n) is 11.2. The second-order valence-corrected chi connectivity index (χ2v) is 6.75. The Bertz CT molecular complexity index is 231. The molecule has 2 unspecified atom stereocenters. The Balaban J connectivity index is 2.19. The van der Waals surface area contributed by atoms with Crippen LogP contribution in [0.3, 0.4) is 0 Å². The third-order valence-electron chi connectivity index (χ3n) is 3.53. The predicted molar refractivity (Wildman–Crippen MR) is 71.7 cm³/mol. The van der Waals surface area contributed by atoms with Gasteiger partial charge >= 0.3 is 5.51 Å². The van der Waals surface area contributed by atoms with Crippen LogP contribution in [0.1, 0.15) is 39.5 Å². The van der Waals surface area contributed by atoms with E-state index in [1.165, 1.54) is 12.8 Å². The molecular formula is C13H24F3NS. The van der Waals surface area contributed by atoms with Gasteiger partial charge in [-0.3, -0.25) is 0 Å². The van der Waals surface area contributed by atoms with Crippen molar-refractivity contribution < 1.29 is 13.2 Å². The Labute approximate surface area is 112 Å². The molecule has 5 heteroatoms. The molecule has 0 aliphatic heterocycles. The van der Waals surface area contributed by atoms with Crippen molar-refractivity contribution in [2.24, 2.45) is 17.8 Å². The van der Waals surface area contributed by atoms with Crippen LogP contribution in [0.25, 0.3) is 0 Å². The molecule has 1 saturated carbocycles. The summed E-state index contributed by atoms with van der Waals surface area (Å²) in [6.45, 7) is 6.30. The maximum Gasteiger partial charge on any atom is 0.441 e. The summed E-state index contributed by atoms with van der Waals surface area (Å²) in [6.07, 6.45) is 4.16. The van der Waals surface area contributed by atoms with Gasteiger partial charge in [0.25, 0.3) is 0 Å². The number of nitrogens with one attached hydrogen (secondary N) is 1. The SMILES string of the molecule is CC(C)CNCC1CCCC1CCSC(F)(F)F. The molecule has 1 nitrogen and oxygen atoms in total. The number of hydrogen-bond donors (Lipinski definition) is 1. The van der Waals surface area contributed by atoms with Crippen molar-refractivity contribution >= 4 is 11.8 Å². The maximum atomic E-state index is 12.1. The van der Waals surface area contributed by atoms with E-state index in [-0.39, 0.29) is 17.5 Å². The van der Waals surface area contributed by atoms with Crippen LogP contribution in [0.5, 0.6) is 0 Å². The third-order valence-corrected chi connectivity index (χ3v) is 4.30. The van der Waals surface area contributed by atoms with E-state index in [1.807, 2.05) is 0 Å². The first-order chi connectivity index (χ1) is 8.38. The molecule has 0 spiro atoms. The van der Waals surface area contributed by atoms with Crippen LogP contribution < -0.4 is 5.32 Å². The van der Waals surface area contributed by atoms with Gasteiger partial charge in [-0.1, -0.05) is 38.5 Å². The highest BCUT2D eigenvalue weighted by molar-refractivity contribution is 8.00. The topological polar surface area (TPSA) is 12.0 Å². The normalized spacial score (nSPS) is 25.0. The van der Waals surface area contributed by atoms with Gasteiger partial charge in [-0.2, -0.15) is 13.2 Å². The Morgan fingerprint density at radius 3 is 2.50 bits per heavy atom. The first kappa shape index (κ1) is 16.2. The molecule has 18 heavy (non-hydrogen) atoms. The van der Waals surface area contributed by atoms with E-state index < -0.39 is 5.51 Å². The van der Waals surface area contributed by atoms with Gasteiger partial charge in [0.2, 0.25) is 0 Å². The molecule has 1 fully saturated rings. The molecule has 0 aromatic heterocycles. The highest BCUT2D eigenvalue weighted by Gasteiger charge is 2.31. The molecule has 1 N–H and O–H groups in total. The number of rotatable bonds is 7. The molecule has 1 rings (SSSR count). The number of thioether (sulfide) groups is 1. The molecule has 0 amide bonds. The van der Waals surface area contributed by atoms with E-state index in [0.717, 1.165) is 19.5 Å². The largest absolute Gasteiger partial charge is 0.441 e. The third kappa shape index (κ3) is 6.88. The van der Waals surface area contributed by atoms with Crippen molar-refractivity contribution in [2.45, 2.75) is 45.0 Å². The highest BCUT2D eigenvalue weighted by Crippen LogP contribution is 2.37. The van der Waals surface area contributed by atoms with Crippen LogP contribution in [0.4, 0.5) is 13.2 Å². The summed E-state index contributed by atoms with van der Waals surface area (Å²) < 4.78 is 36.2. The molecule has 0 bridgehead atoms. The van der Waals surface area contributed by atoms with Crippen LogP contribution in [0, 0.1) is 17.8 Å². The average Bonchev–Trinajstić information content (AvgIpc) is 2.63. The molecule has 0 heterocycles. The summed E-state index contributed by atoms with van der Waals surface area (Å²) in [5.41, 5.74) is -4.07. The minimum absolute atomic E-state index is 0.131. The van der Waals surface area contributed by atoms with E-state index in [9.17, 15) is 13.2 Å². The minimum Gasteiger partial charge on any atom is -0.316 e. The Kier molecular flexibility index (Phi) is 6.85. The lowest BCUT2D eigenvalue weighted by molar-refractivity contribution is -0.0328. The quantitative estimate of drug-likeness (QED) is 0.748. The van der Waals surface area contributed by atoms with Gasteiger partial charge in [-0.25, -0.2) is 0 Å². The van der Waals surface area contributed by atoms with Gasteiger partial charge in [0, 0.05) is 5.75 Å². The standard InChI is InChI=1S/C13H24F3NS/c1-10(2)8-17-9-12-5-3-4-11(12)6-7-18-13(14,15)16/h10-12,17H,3-9H2,1-2H3. The van der Waals surface area contributed by atoms with Gasteiger partial charge in [-0.15, -0.1) is 0 Å². The predicted octanol–water partition coefficient (Wildman–Crippen LogP) is 4.29. The van der Waals surface area contributed by atoms with Crippen LogP contribution in [-0.4, -0.2) is 24.4 Å². The number of alkyl halides is 3. The lowest BCUT2D eigenvalue weighted by Crippen LogP contribution is -2.28. The smallest absolute Gasteiger partial charge is 0.316 e. The Morgan fingerprint density at radius 2 is 1.89 bits per heavy atom. The van der Waals surface area contributed by atoms with Crippen LogP contribution in [-0.2, 0) is 0 Å². The first-order valence-electron chi connectivity index (χ1n) is 6.80. The Hall–Kier alpha value is 0.100. The summed E-state index contributed by atoms with van der Waals surface area (Å²) >= 11 is 0.131. The minimum atomic E-state index is -4.07. The summed E-state index contributed by atoms with van der Waals surface area (Å²) in [5.74, 6) is 1.91. The lowest BCUT2D eigenvalue weighted by Gasteiger charge is -2.20. The lowest BCUT2D eigenvalue weighted by atomic mass is 9.93. The van der Waals surface area contributed by atoms with Crippen molar-refractivity contribution in [3.63, 3.8) is 0 Å². The van der Waals surface area contributed by atoms with Gasteiger partial charge in [0.15, 0.2) is 0 Å². The zero-order chi connectivity index (χ0) is 13.6. The zero-order valence-corrected chi connectivity index (χ0v) is 12.0. The van der Waals surface area contributed by atoms with E-state index in [0.29, 0.717) is 24.2 Å². The van der Waals surface area contributed by atoms with Crippen LogP contribution >= 0.6 is 11.8 Å². The van der Waals surface area contributed by atoms with E-state index >= 15 is 0 Å². The van der Waals surface area contributed by atoms with Gasteiger partial charge in [0.05, 0.1) is 0 Å². The molecule has 1 aliphatic rings. The van der Waals surface area contributed by atoms with E-state index in [2.05, 4.69) is 19.2 Å². The molecule has 0 saturated heterocycles. The number of halogens is 3. The van der Waals surface area contributed by atoms with Gasteiger partial charge in [-0.05, 0) is 43.7 Å². The first-order valence-corrected chi connectivity index (χ1v) is 7.78. The molecule has 1 aliphatic carbocycles. The van der Waals surface area contributed by atoms with E-state index in [1.54, 1.807) is 0 Å². The maximum absolute atomic E-state index is 12.1. The summed E-state index contributed by atoms with van der Waals surface area (Å²) in [6, 6.07) is 0. The summed E-state index contributed by atoms with van der Waals surface area (Å²) in [7, 11) is 0. The van der Waals surface area contributed by atoms with Crippen LogP contribution in [0.15, 0.2) is 0 Å². The average molecular weight is 283 g/mol. The van der Waals surface area contributed by atoms with Crippen molar-refractivity contribution in [1.82, 2.24) is 5.32 Å². The summed E-state index contributed by atoms with van der Waals surface area (Å²) in [5, 5.41) is 3.43. The van der Waals surface area contributed by atoms with Crippen LogP contribution in [0.2, 0.25) is 0 Å². The summed E-state index contributed by atoms with van der Waals surface area (Å²) in [4.78, 5) is 0.